The van der Waals surface area contributed by atoms with E-state index in [1.165, 1.54) is 47.4 Å². The van der Waals surface area contributed by atoms with Gasteiger partial charge in [0, 0.05) is 30.4 Å². The highest BCUT2D eigenvalue weighted by Gasteiger charge is 2.24. The summed E-state index contributed by atoms with van der Waals surface area (Å²) in [5, 5.41) is 11.6. The molecule has 2 N–H and O–H groups in total. The van der Waals surface area contributed by atoms with Crippen LogP contribution in [0.15, 0.2) is 49.1 Å². The summed E-state index contributed by atoms with van der Waals surface area (Å²) in [5.41, 5.74) is 0.236. The summed E-state index contributed by atoms with van der Waals surface area (Å²) in [4.78, 5) is 31.3. The van der Waals surface area contributed by atoms with Crippen LogP contribution in [0.2, 0.25) is 0 Å². The first kappa shape index (κ1) is 14.6. The first-order valence-corrected chi connectivity index (χ1v) is 6.63. The van der Waals surface area contributed by atoms with Crippen LogP contribution in [0.1, 0.15) is 22.1 Å². The number of carbonyl (C=O) groups is 2. The van der Waals surface area contributed by atoms with Gasteiger partial charge < -0.3 is 14.8 Å². The van der Waals surface area contributed by atoms with E-state index in [0.29, 0.717) is 5.56 Å². The van der Waals surface area contributed by atoms with E-state index in [2.05, 4.69) is 15.3 Å². The molecule has 0 aliphatic carbocycles. The molecule has 8 heteroatoms. The summed E-state index contributed by atoms with van der Waals surface area (Å²) in [6.45, 7) is 0. The van der Waals surface area contributed by atoms with Crippen LogP contribution in [0, 0.1) is 5.82 Å². The minimum absolute atomic E-state index is 0.00842. The first-order valence-electron chi connectivity index (χ1n) is 6.63. The predicted molar refractivity (Wildman–Crippen MR) is 77.2 cm³/mol. The van der Waals surface area contributed by atoms with Crippen molar-refractivity contribution in [3.63, 3.8) is 0 Å². The first-order chi connectivity index (χ1) is 11.1. The van der Waals surface area contributed by atoms with E-state index in [0.717, 1.165) is 0 Å². The van der Waals surface area contributed by atoms with Crippen LogP contribution in [0.4, 0.5) is 4.39 Å². The lowest BCUT2D eigenvalue weighted by Gasteiger charge is -2.13. The molecular weight excluding hydrogens is 303 g/mol. The van der Waals surface area contributed by atoms with Gasteiger partial charge >= 0.3 is 5.97 Å². The van der Waals surface area contributed by atoms with Gasteiger partial charge in [0.1, 0.15) is 5.69 Å². The van der Waals surface area contributed by atoms with Gasteiger partial charge in [-0.2, -0.15) is 0 Å². The summed E-state index contributed by atoms with van der Waals surface area (Å²) >= 11 is 0. The molecule has 116 valence electrons. The number of aromatic nitrogens is 3. The third kappa shape index (κ3) is 2.86. The fourth-order valence-electron chi connectivity index (χ4n) is 2.13. The van der Waals surface area contributed by atoms with E-state index in [4.69, 9.17) is 0 Å². The normalized spacial score (nSPS) is 12.0. The molecule has 7 nitrogen and oxygen atoms in total. The number of carboxylic acid groups (broad SMARTS) is 1. The van der Waals surface area contributed by atoms with Crippen molar-refractivity contribution >= 4 is 17.5 Å². The number of hydrogen-bond donors (Lipinski definition) is 2. The van der Waals surface area contributed by atoms with Crippen LogP contribution in [0.3, 0.4) is 0 Å². The molecule has 1 unspecified atom stereocenters. The Kier molecular flexibility index (Phi) is 3.71. The Labute approximate surface area is 129 Å². The number of aliphatic carboxylic acids is 1. The van der Waals surface area contributed by atoms with Crippen molar-refractivity contribution in [2.45, 2.75) is 6.04 Å². The third-order valence-electron chi connectivity index (χ3n) is 3.21. The summed E-state index contributed by atoms with van der Waals surface area (Å²) in [6.07, 6.45) is 5.71. The van der Waals surface area contributed by atoms with Crippen molar-refractivity contribution < 1.29 is 19.1 Å². The molecule has 0 aliphatic heterocycles. The van der Waals surface area contributed by atoms with Crippen LogP contribution in [0.5, 0.6) is 0 Å². The van der Waals surface area contributed by atoms with Crippen LogP contribution in [-0.4, -0.2) is 31.4 Å². The number of nitrogens with zero attached hydrogens (tertiary/aromatic N) is 3. The Morgan fingerprint density at radius 2 is 2.13 bits per heavy atom. The van der Waals surface area contributed by atoms with E-state index < -0.39 is 23.7 Å². The van der Waals surface area contributed by atoms with Gasteiger partial charge in [-0.1, -0.05) is 6.07 Å². The molecule has 0 fully saturated rings. The number of rotatable bonds is 4. The lowest BCUT2D eigenvalue weighted by atomic mass is 10.1. The second-order valence-electron chi connectivity index (χ2n) is 4.74. The van der Waals surface area contributed by atoms with E-state index in [1.54, 1.807) is 6.07 Å². The van der Waals surface area contributed by atoms with Gasteiger partial charge in [-0.15, -0.1) is 0 Å². The van der Waals surface area contributed by atoms with Gasteiger partial charge in [-0.05, 0) is 18.2 Å². The molecule has 0 saturated heterocycles. The molecule has 23 heavy (non-hydrogen) atoms. The summed E-state index contributed by atoms with van der Waals surface area (Å²) in [6, 6.07) is 4.53. The number of fused-ring (bicyclic) bond motifs is 1. The fraction of sp³-hybridized carbons (Fsp3) is 0.0667. The number of halogens is 1. The number of nitrogens with one attached hydrogen (secondary N) is 1. The summed E-state index contributed by atoms with van der Waals surface area (Å²) < 4.78 is 15.0. The predicted octanol–water partition coefficient (Wildman–Crippen LogP) is 1.42. The highest BCUT2D eigenvalue weighted by Crippen LogP contribution is 2.14. The molecule has 0 aromatic carbocycles. The Balaban J connectivity index is 1.89. The molecule has 0 bridgehead atoms. The quantitative estimate of drug-likeness (QED) is 0.759. The molecule has 1 amide bonds. The fourth-order valence-corrected chi connectivity index (χ4v) is 2.13. The molecule has 3 aromatic heterocycles. The number of hydrogen-bond acceptors (Lipinski definition) is 4. The topological polar surface area (TPSA) is 96.6 Å². The molecule has 1 atom stereocenters. The number of carbonyl (C=O) groups excluding carboxylic acids is 1. The monoisotopic (exact) mass is 314 g/mol. The second kappa shape index (κ2) is 5.84. The average molecular weight is 314 g/mol. The van der Waals surface area contributed by atoms with E-state index >= 15 is 0 Å². The van der Waals surface area contributed by atoms with E-state index in [9.17, 15) is 19.1 Å². The van der Waals surface area contributed by atoms with E-state index in [1.807, 2.05) is 0 Å². The van der Waals surface area contributed by atoms with Crippen molar-refractivity contribution in [2.75, 3.05) is 0 Å². The Bertz CT molecular complexity index is 879. The van der Waals surface area contributed by atoms with Crippen LogP contribution >= 0.6 is 0 Å². The second-order valence-corrected chi connectivity index (χ2v) is 4.74. The smallest absolute Gasteiger partial charge is 0.330 e. The molecule has 0 aliphatic rings. The largest absolute Gasteiger partial charge is 0.479 e. The highest BCUT2D eigenvalue weighted by atomic mass is 19.1. The molecule has 3 aromatic rings. The van der Waals surface area contributed by atoms with Crippen molar-refractivity contribution in [3.8, 4) is 0 Å². The Morgan fingerprint density at radius 3 is 2.78 bits per heavy atom. The minimum Gasteiger partial charge on any atom is -0.479 e. The van der Waals surface area contributed by atoms with Crippen LogP contribution in [0.25, 0.3) is 5.65 Å². The Morgan fingerprint density at radius 1 is 1.30 bits per heavy atom. The lowest BCUT2D eigenvalue weighted by molar-refractivity contribution is -0.139. The molecule has 0 spiro atoms. The van der Waals surface area contributed by atoms with Gasteiger partial charge in [0.25, 0.3) is 5.91 Å². The zero-order valence-corrected chi connectivity index (χ0v) is 11.7. The van der Waals surface area contributed by atoms with Crippen molar-refractivity contribution in [3.05, 3.63) is 66.1 Å². The number of pyridine rings is 2. The molecule has 3 rings (SSSR count). The SMILES string of the molecule is O=C(NC(C(=O)O)c1cccnc1)c1cn2cccc(F)c2n1. The van der Waals surface area contributed by atoms with Gasteiger partial charge in [0.2, 0.25) is 0 Å². The number of imidazole rings is 1. The Hall–Kier alpha value is -3.29. The van der Waals surface area contributed by atoms with Crippen LogP contribution < -0.4 is 5.32 Å². The minimum atomic E-state index is -1.27. The third-order valence-corrected chi connectivity index (χ3v) is 3.21. The van der Waals surface area contributed by atoms with Crippen LogP contribution in [-0.2, 0) is 4.79 Å². The summed E-state index contributed by atoms with van der Waals surface area (Å²) in [5.74, 6) is -2.53. The van der Waals surface area contributed by atoms with Gasteiger partial charge in [-0.25, -0.2) is 14.2 Å². The molecule has 3 heterocycles. The standard InChI is InChI=1S/C15H11FN4O3/c16-10-4-2-6-20-8-11(18-13(10)20)14(21)19-12(15(22)23)9-3-1-5-17-7-9/h1-8,12H,(H,19,21)(H,22,23). The molecule has 0 radical (unpaired) electrons. The van der Waals surface area contributed by atoms with Gasteiger partial charge in [0.15, 0.2) is 17.5 Å². The van der Waals surface area contributed by atoms with Crippen molar-refractivity contribution in [1.82, 2.24) is 19.7 Å². The van der Waals surface area contributed by atoms with Gasteiger partial charge in [0.05, 0.1) is 0 Å². The zero-order chi connectivity index (χ0) is 16.4. The van der Waals surface area contributed by atoms with E-state index in [-0.39, 0.29) is 11.3 Å². The maximum Gasteiger partial charge on any atom is 0.330 e. The maximum absolute atomic E-state index is 13.6. The number of carboxylic acids is 1. The van der Waals surface area contributed by atoms with Crippen molar-refractivity contribution in [2.24, 2.45) is 0 Å². The summed E-state index contributed by atoms with van der Waals surface area (Å²) in [7, 11) is 0. The average Bonchev–Trinajstić information content (AvgIpc) is 2.99. The molecule has 0 saturated carbocycles. The van der Waals surface area contributed by atoms with Gasteiger partial charge in [-0.3, -0.25) is 9.78 Å². The highest BCUT2D eigenvalue weighted by molar-refractivity contribution is 5.95. The zero-order valence-electron chi connectivity index (χ0n) is 11.7. The lowest BCUT2D eigenvalue weighted by Crippen LogP contribution is -2.34. The molecular formula is C15H11FN4O3. The number of amides is 1. The maximum atomic E-state index is 13.6. The van der Waals surface area contributed by atoms with Crippen molar-refractivity contribution in [1.29, 1.82) is 0 Å².